The van der Waals surface area contributed by atoms with Crippen molar-refractivity contribution in [3.63, 3.8) is 0 Å². The lowest BCUT2D eigenvalue weighted by molar-refractivity contribution is -0.870. The first-order valence-corrected chi connectivity index (χ1v) is 14.8. The normalized spacial score (nSPS) is 15.0. The first-order chi connectivity index (χ1) is 15.7. The van der Waals surface area contributed by atoms with Crippen LogP contribution in [-0.2, 0) is 18.3 Å². The number of hydrogen-bond donors (Lipinski definition) is 2. The number of likely N-dealkylation sites (N-methyl/N-ethyl adjacent to an activating group) is 1. The molecule has 200 valence electrons. The maximum Gasteiger partial charge on any atom is 0.472 e. The van der Waals surface area contributed by atoms with Gasteiger partial charge in [-0.15, -0.1) is 0 Å². The number of phosphoric acid groups is 1. The summed E-state index contributed by atoms with van der Waals surface area (Å²) in [6.45, 7) is 3.37. The summed E-state index contributed by atoms with van der Waals surface area (Å²) in [4.78, 5) is 9.63. The highest BCUT2D eigenvalue weighted by Gasteiger charge is 2.24. The molecule has 0 spiro atoms. The standard InChI is InChI=1S/C25H54NO6P/c1-5-6-7-8-9-10-11-12-13-14-15-16-17-18-19-21-30-23-25(27)24-32-33(28,29)31-22-20-26(2,3)4/h25,27H,5-24H2,1-4H3/p+1. The number of aliphatic hydroxyl groups is 1. The first kappa shape index (κ1) is 33.0. The molecule has 0 radical (unpaired) electrons. The van der Waals surface area contributed by atoms with Crippen molar-refractivity contribution in [3.05, 3.63) is 0 Å². The maximum absolute atomic E-state index is 11.8. The van der Waals surface area contributed by atoms with E-state index in [1.807, 2.05) is 21.1 Å². The summed E-state index contributed by atoms with van der Waals surface area (Å²) in [5.41, 5.74) is 0. The Balaban J connectivity index is 3.38. The summed E-state index contributed by atoms with van der Waals surface area (Å²) in [7, 11) is 1.76. The molecule has 2 atom stereocenters. The van der Waals surface area contributed by atoms with Gasteiger partial charge < -0.3 is 19.2 Å². The Bertz CT molecular complexity index is 472. The van der Waals surface area contributed by atoms with E-state index in [9.17, 15) is 14.6 Å². The fraction of sp³-hybridized carbons (Fsp3) is 1.00. The van der Waals surface area contributed by atoms with Gasteiger partial charge in [0.25, 0.3) is 0 Å². The number of quaternary nitrogens is 1. The largest absolute Gasteiger partial charge is 0.472 e. The van der Waals surface area contributed by atoms with E-state index >= 15 is 0 Å². The highest BCUT2D eigenvalue weighted by atomic mass is 31.2. The lowest BCUT2D eigenvalue weighted by Crippen LogP contribution is -2.37. The quantitative estimate of drug-likeness (QED) is 0.0906. The predicted octanol–water partition coefficient (Wildman–Crippen LogP) is 6.08. The van der Waals surface area contributed by atoms with Crippen molar-refractivity contribution in [2.45, 2.75) is 109 Å². The molecule has 0 rings (SSSR count). The highest BCUT2D eigenvalue weighted by Crippen LogP contribution is 2.43. The molecule has 0 aromatic rings. The summed E-state index contributed by atoms with van der Waals surface area (Å²) in [6.07, 6.45) is 18.9. The van der Waals surface area contributed by atoms with Gasteiger partial charge >= 0.3 is 7.82 Å². The Labute approximate surface area is 204 Å². The van der Waals surface area contributed by atoms with Gasteiger partial charge in [-0.2, -0.15) is 0 Å². The van der Waals surface area contributed by atoms with Crippen LogP contribution in [0.15, 0.2) is 0 Å². The molecule has 0 aliphatic carbocycles. The molecule has 2 unspecified atom stereocenters. The smallest absolute Gasteiger partial charge is 0.388 e. The van der Waals surface area contributed by atoms with Gasteiger partial charge in [0.05, 0.1) is 34.4 Å². The number of nitrogens with zero attached hydrogens (tertiary/aromatic N) is 1. The van der Waals surface area contributed by atoms with Crippen LogP contribution in [0.5, 0.6) is 0 Å². The fourth-order valence-electron chi connectivity index (χ4n) is 3.49. The minimum Gasteiger partial charge on any atom is -0.388 e. The molecule has 0 aliphatic heterocycles. The van der Waals surface area contributed by atoms with Crippen molar-refractivity contribution >= 4 is 7.82 Å². The molecule has 0 aromatic carbocycles. The lowest BCUT2D eigenvalue weighted by atomic mass is 10.0. The van der Waals surface area contributed by atoms with Gasteiger partial charge in [0.15, 0.2) is 0 Å². The molecular weight excluding hydrogens is 441 g/mol. The molecule has 0 amide bonds. The molecule has 0 aromatic heterocycles. The van der Waals surface area contributed by atoms with E-state index in [1.165, 1.54) is 83.5 Å². The van der Waals surface area contributed by atoms with Crippen LogP contribution in [0.25, 0.3) is 0 Å². The summed E-state index contributed by atoms with van der Waals surface area (Å²) < 4.78 is 27.6. The molecular formula is C25H55NO6P+. The molecule has 0 saturated carbocycles. The average molecular weight is 497 g/mol. The molecule has 0 aliphatic rings. The summed E-state index contributed by atoms with van der Waals surface area (Å²) in [5, 5.41) is 9.85. The van der Waals surface area contributed by atoms with Gasteiger partial charge in [-0.3, -0.25) is 9.05 Å². The van der Waals surface area contributed by atoms with E-state index in [-0.39, 0.29) is 19.8 Å². The second-order valence-corrected chi connectivity index (χ2v) is 11.7. The van der Waals surface area contributed by atoms with Crippen LogP contribution in [0.3, 0.4) is 0 Å². The third kappa shape index (κ3) is 26.4. The van der Waals surface area contributed by atoms with Gasteiger partial charge in [0, 0.05) is 6.61 Å². The van der Waals surface area contributed by atoms with Gasteiger partial charge in [0.2, 0.25) is 0 Å². The average Bonchev–Trinajstić information content (AvgIpc) is 2.73. The van der Waals surface area contributed by atoms with Crippen molar-refractivity contribution in [1.82, 2.24) is 0 Å². The number of unbranched alkanes of at least 4 members (excludes halogenated alkanes) is 14. The van der Waals surface area contributed by atoms with E-state index in [1.54, 1.807) is 0 Å². The molecule has 7 nitrogen and oxygen atoms in total. The molecule has 0 heterocycles. The first-order valence-electron chi connectivity index (χ1n) is 13.3. The summed E-state index contributed by atoms with van der Waals surface area (Å²) in [6, 6.07) is 0. The zero-order valence-electron chi connectivity index (χ0n) is 22.1. The molecule has 0 fully saturated rings. The van der Waals surface area contributed by atoms with Gasteiger partial charge in [-0.1, -0.05) is 96.8 Å². The van der Waals surface area contributed by atoms with Crippen LogP contribution >= 0.6 is 7.82 Å². The number of ether oxygens (including phenoxy) is 1. The van der Waals surface area contributed by atoms with Crippen molar-refractivity contribution in [3.8, 4) is 0 Å². The van der Waals surface area contributed by atoms with Gasteiger partial charge in [0.1, 0.15) is 19.3 Å². The predicted molar refractivity (Wildman–Crippen MR) is 136 cm³/mol. The number of hydrogen-bond acceptors (Lipinski definition) is 5. The maximum atomic E-state index is 11.8. The van der Waals surface area contributed by atoms with E-state index in [0.29, 0.717) is 17.6 Å². The van der Waals surface area contributed by atoms with Gasteiger partial charge in [-0.25, -0.2) is 4.57 Å². The monoisotopic (exact) mass is 496 g/mol. The minimum absolute atomic E-state index is 0.0947. The van der Waals surface area contributed by atoms with E-state index in [0.717, 1.165) is 12.8 Å². The second kappa shape index (κ2) is 21.3. The van der Waals surface area contributed by atoms with Crippen LogP contribution < -0.4 is 0 Å². The second-order valence-electron chi connectivity index (χ2n) is 10.3. The number of aliphatic hydroxyl groups excluding tert-OH is 1. The molecule has 0 saturated heterocycles. The minimum atomic E-state index is -4.14. The Morgan fingerprint density at radius 2 is 1.15 bits per heavy atom. The Morgan fingerprint density at radius 3 is 1.61 bits per heavy atom. The SMILES string of the molecule is CCCCCCCCCCCCCCCCCOCC(O)COP(=O)(O)OCC[N+](C)(C)C. The summed E-state index contributed by atoms with van der Waals surface area (Å²) in [5.74, 6) is 0. The zero-order valence-corrected chi connectivity index (χ0v) is 23.0. The zero-order chi connectivity index (χ0) is 24.8. The van der Waals surface area contributed by atoms with Crippen molar-refractivity contribution in [2.24, 2.45) is 0 Å². The van der Waals surface area contributed by atoms with Crippen molar-refractivity contribution in [1.29, 1.82) is 0 Å². The topological polar surface area (TPSA) is 85.2 Å². The number of rotatable bonds is 25. The Morgan fingerprint density at radius 1 is 0.697 bits per heavy atom. The summed E-state index contributed by atoms with van der Waals surface area (Å²) >= 11 is 0. The lowest BCUT2D eigenvalue weighted by Gasteiger charge is -2.24. The van der Waals surface area contributed by atoms with E-state index in [2.05, 4.69) is 6.92 Å². The molecule has 0 bridgehead atoms. The van der Waals surface area contributed by atoms with Crippen LogP contribution in [0.1, 0.15) is 103 Å². The fourth-order valence-corrected chi connectivity index (χ4v) is 4.24. The molecule has 33 heavy (non-hydrogen) atoms. The third-order valence-electron chi connectivity index (χ3n) is 5.65. The van der Waals surface area contributed by atoms with Crippen LogP contribution in [0.2, 0.25) is 0 Å². The van der Waals surface area contributed by atoms with Crippen molar-refractivity contribution < 1.29 is 32.8 Å². The van der Waals surface area contributed by atoms with Crippen LogP contribution in [0, 0.1) is 0 Å². The molecule has 2 N–H and O–H groups in total. The Kier molecular flexibility index (Phi) is 21.3. The van der Waals surface area contributed by atoms with Crippen molar-refractivity contribution in [2.75, 3.05) is 54.1 Å². The van der Waals surface area contributed by atoms with Gasteiger partial charge in [-0.05, 0) is 6.42 Å². The van der Waals surface area contributed by atoms with Crippen LogP contribution in [-0.4, -0.2) is 74.7 Å². The number of phosphoric ester groups is 1. The Hall–Kier alpha value is -0.0100. The van der Waals surface area contributed by atoms with E-state index < -0.39 is 13.9 Å². The third-order valence-corrected chi connectivity index (χ3v) is 6.63. The molecule has 8 heteroatoms. The highest BCUT2D eigenvalue weighted by molar-refractivity contribution is 7.47. The van der Waals surface area contributed by atoms with Crippen LogP contribution in [0.4, 0.5) is 0 Å². The van der Waals surface area contributed by atoms with E-state index in [4.69, 9.17) is 13.8 Å².